The van der Waals surface area contributed by atoms with Crippen LogP contribution in [0.3, 0.4) is 0 Å². The molecule has 0 aromatic heterocycles. The van der Waals surface area contributed by atoms with Gasteiger partial charge in [0, 0.05) is 10.1 Å². The van der Waals surface area contributed by atoms with Gasteiger partial charge in [0.15, 0.2) is 0 Å². The Balaban J connectivity index is 3.07. The minimum atomic E-state index is -2.47. The van der Waals surface area contributed by atoms with Crippen molar-refractivity contribution in [3.8, 4) is 0 Å². The van der Waals surface area contributed by atoms with Crippen LogP contribution in [0.5, 0.6) is 0 Å². The standard InChI is InChI=1S/C19H32O2Si/c1-8-9-15-20-22(18(2,3)4,19(5,6)7)21-16-17-13-11-10-12-14-17/h8-14H,15-16H2,1-7H3/b9-8-. The van der Waals surface area contributed by atoms with E-state index in [0.717, 1.165) is 0 Å². The fourth-order valence-corrected chi connectivity index (χ4v) is 7.82. The Labute approximate surface area is 137 Å². The van der Waals surface area contributed by atoms with Crippen molar-refractivity contribution in [1.29, 1.82) is 0 Å². The van der Waals surface area contributed by atoms with E-state index in [1.165, 1.54) is 5.56 Å². The van der Waals surface area contributed by atoms with Gasteiger partial charge in [0.2, 0.25) is 0 Å². The SMILES string of the molecule is C/C=C\CO[Si](OCc1ccccc1)(C(C)(C)C)C(C)(C)C. The summed E-state index contributed by atoms with van der Waals surface area (Å²) in [4.78, 5) is 0. The Morgan fingerprint density at radius 2 is 1.45 bits per heavy atom. The molecule has 0 saturated carbocycles. The quantitative estimate of drug-likeness (QED) is 0.484. The lowest BCUT2D eigenvalue weighted by Gasteiger charge is -2.48. The molecule has 0 saturated heterocycles. The van der Waals surface area contributed by atoms with Gasteiger partial charge >= 0.3 is 8.56 Å². The molecule has 1 aromatic carbocycles. The van der Waals surface area contributed by atoms with Crippen LogP contribution in [-0.4, -0.2) is 15.2 Å². The molecule has 0 atom stereocenters. The summed E-state index contributed by atoms with van der Waals surface area (Å²) in [6, 6.07) is 10.4. The summed E-state index contributed by atoms with van der Waals surface area (Å²) in [5.74, 6) is 0. The highest BCUT2D eigenvalue weighted by molar-refractivity contribution is 6.73. The largest absolute Gasteiger partial charge is 0.390 e. The number of benzene rings is 1. The minimum absolute atomic E-state index is 0.0123. The molecule has 124 valence electrons. The number of hydrogen-bond acceptors (Lipinski definition) is 2. The second-order valence-electron chi connectivity index (χ2n) is 7.77. The van der Waals surface area contributed by atoms with Crippen molar-refractivity contribution < 1.29 is 8.85 Å². The van der Waals surface area contributed by atoms with Gasteiger partial charge in [-0.05, 0) is 12.5 Å². The Hall–Kier alpha value is -0.903. The summed E-state index contributed by atoms with van der Waals surface area (Å²) >= 11 is 0. The van der Waals surface area contributed by atoms with Gasteiger partial charge in [-0.25, -0.2) is 0 Å². The maximum Gasteiger partial charge on any atom is 0.349 e. The lowest BCUT2D eigenvalue weighted by atomic mass is 10.2. The predicted octanol–water partition coefficient (Wildman–Crippen LogP) is 5.84. The van der Waals surface area contributed by atoms with E-state index in [1.807, 2.05) is 19.1 Å². The van der Waals surface area contributed by atoms with Crippen LogP contribution in [0.25, 0.3) is 0 Å². The average Bonchev–Trinajstić information content (AvgIpc) is 2.41. The summed E-state index contributed by atoms with van der Waals surface area (Å²) in [6.07, 6.45) is 4.09. The van der Waals surface area contributed by atoms with Crippen molar-refractivity contribution in [1.82, 2.24) is 0 Å². The van der Waals surface area contributed by atoms with Gasteiger partial charge in [-0.2, -0.15) is 0 Å². The third kappa shape index (κ3) is 4.54. The molecule has 22 heavy (non-hydrogen) atoms. The Kier molecular flexibility index (Phi) is 6.60. The average molecular weight is 321 g/mol. The smallest absolute Gasteiger partial charge is 0.349 e. The summed E-state index contributed by atoms with van der Waals surface area (Å²) in [7, 11) is -2.47. The molecule has 2 nitrogen and oxygen atoms in total. The molecule has 1 aromatic rings. The second-order valence-corrected chi connectivity index (χ2v) is 12.6. The molecule has 0 unspecified atom stereocenters. The summed E-state index contributed by atoms with van der Waals surface area (Å²) in [5, 5.41) is -0.0246. The summed E-state index contributed by atoms with van der Waals surface area (Å²) in [5.41, 5.74) is 1.20. The van der Waals surface area contributed by atoms with Gasteiger partial charge in [-0.1, -0.05) is 84.0 Å². The minimum Gasteiger partial charge on any atom is -0.390 e. The molecule has 0 radical (unpaired) electrons. The van der Waals surface area contributed by atoms with Gasteiger partial charge in [0.25, 0.3) is 0 Å². The first kappa shape index (κ1) is 19.1. The first-order valence-electron chi connectivity index (χ1n) is 8.07. The highest BCUT2D eigenvalue weighted by Gasteiger charge is 2.58. The van der Waals surface area contributed by atoms with E-state index in [0.29, 0.717) is 13.2 Å². The molecular formula is C19H32O2Si. The van der Waals surface area contributed by atoms with Crippen molar-refractivity contribution in [2.75, 3.05) is 6.61 Å². The normalized spacial score (nSPS) is 13.8. The lowest BCUT2D eigenvalue weighted by Crippen LogP contribution is -2.57. The van der Waals surface area contributed by atoms with Crippen LogP contribution in [-0.2, 0) is 15.5 Å². The maximum atomic E-state index is 6.57. The predicted molar refractivity (Wildman–Crippen MR) is 97.2 cm³/mol. The van der Waals surface area contributed by atoms with Crippen molar-refractivity contribution in [3.63, 3.8) is 0 Å². The first-order chi connectivity index (χ1) is 10.1. The molecular weight excluding hydrogens is 288 g/mol. The molecule has 0 aliphatic carbocycles. The van der Waals surface area contributed by atoms with E-state index >= 15 is 0 Å². The zero-order valence-corrected chi connectivity index (χ0v) is 16.3. The van der Waals surface area contributed by atoms with Crippen molar-refractivity contribution >= 4 is 8.56 Å². The number of allylic oxidation sites excluding steroid dienone is 1. The van der Waals surface area contributed by atoms with E-state index in [-0.39, 0.29) is 10.1 Å². The molecule has 0 fully saturated rings. The van der Waals surface area contributed by atoms with Crippen LogP contribution >= 0.6 is 0 Å². The molecule has 3 heteroatoms. The monoisotopic (exact) mass is 320 g/mol. The Morgan fingerprint density at radius 3 is 1.91 bits per heavy atom. The molecule has 0 spiro atoms. The molecule has 0 aliphatic heterocycles. The number of hydrogen-bond donors (Lipinski definition) is 0. The van der Waals surface area contributed by atoms with E-state index in [4.69, 9.17) is 8.85 Å². The molecule has 0 N–H and O–H groups in total. The van der Waals surface area contributed by atoms with Gasteiger partial charge < -0.3 is 8.85 Å². The Bertz CT molecular complexity index is 452. The van der Waals surface area contributed by atoms with Crippen molar-refractivity contribution in [2.24, 2.45) is 0 Å². The van der Waals surface area contributed by atoms with Crippen molar-refractivity contribution in [2.45, 2.75) is 65.1 Å². The fourth-order valence-electron chi connectivity index (χ4n) is 3.05. The topological polar surface area (TPSA) is 18.5 Å². The van der Waals surface area contributed by atoms with Crippen molar-refractivity contribution in [3.05, 3.63) is 48.0 Å². The van der Waals surface area contributed by atoms with Gasteiger partial charge in [0.05, 0.1) is 13.2 Å². The summed E-state index contributed by atoms with van der Waals surface area (Å²) in [6.45, 7) is 16.7. The van der Waals surface area contributed by atoms with E-state index in [9.17, 15) is 0 Å². The molecule has 1 rings (SSSR count). The van der Waals surface area contributed by atoms with Crippen LogP contribution in [0.2, 0.25) is 10.1 Å². The van der Waals surface area contributed by atoms with Crippen LogP contribution in [0, 0.1) is 0 Å². The lowest BCUT2D eigenvalue weighted by molar-refractivity contribution is 0.130. The van der Waals surface area contributed by atoms with Gasteiger partial charge in [-0.15, -0.1) is 0 Å². The zero-order chi connectivity index (χ0) is 16.9. The molecule has 0 bridgehead atoms. The third-order valence-electron chi connectivity index (χ3n) is 3.88. The third-order valence-corrected chi connectivity index (χ3v) is 8.95. The van der Waals surface area contributed by atoms with Gasteiger partial charge in [-0.3, -0.25) is 0 Å². The summed E-state index contributed by atoms with van der Waals surface area (Å²) < 4.78 is 13.0. The van der Waals surface area contributed by atoms with Crippen LogP contribution in [0.4, 0.5) is 0 Å². The van der Waals surface area contributed by atoms with E-state index in [2.05, 4.69) is 71.9 Å². The molecule has 0 aliphatic rings. The first-order valence-corrected chi connectivity index (χ1v) is 9.89. The maximum absolute atomic E-state index is 6.57. The van der Waals surface area contributed by atoms with E-state index < -0.39 is 8.56 Å². The second kappa shape index (κ2) is 7.58. The Morgan fingerprint density at radius 1 is 0.909 bits per heavy atom. The molecule has 0 amide bonds. The van der Waals surface area contributed by atoms with Crippen LogP contribution in [0.1, 0.15) is 54.0 Å². The van der Waals surface area contributed by atoms with Crippen LogP contribution < -0.4 is 0 Å². The van der Waals surface area contributed by atoms with Gasteiger partial charge in [0.1, 0.15) is 0 Å². The zero-order valence-electron chi connectivity index (χ0n) is 15.3. The van der Waals surface area contributed by atoms with Crippen LogP contribution in [0.15, 0.2) is 42.5 Å². The highest BCUT2D eigenvalue weighted by atomic mass is 28.4. The van der Waals surface area contributed by atoms with E-state index in [1.54, 1.807) is 0 Å². The number of rotatable bonds is 6. The fraction of sp³-hybridized carbons (Fsp3) is 0.579. The highest BCUT2D eigenvalue weighted by Crippen LogP contribution is 2.52. The molecule has 0 heterocycles.